The van der Waals surface area contributed by atoms with Crippen molar-refractivity contribution in [1.29, 1.82) is 0 Å². The number of halogens is 1. The van der Waals surface area contributed by atoms with Crippen LogP contribution in [0.1, 0.15) is 21.6 Å². The summed E-state index contributed by atoms with van der Waals surface area (Å²) in [6.45, 7) is 3.17. The Kier molecular flexibility index (Phi) is 4.09. The number of nitrogens with zero attached hydrogens (tertiary/aromatic N) is 3. The summed E-state index contributed by atoms with van der Waals surface area (Å²) in [5.74, 6) is -0.120. The van der Waals surface area contributed by atoms with E-state index >= 15 is 0 Å². The average molecular weight is 288 g/mol. The van der Waals surface area contributed by atoms with Crippen LogP contribution in [0.2, 0.25) is 4.47 Å². The molecule has 0 saturated heterocycles. The van der Waals surface area contributed by atoms with Gasteiger partial charge < -0.3 is 4.90 Å². The Hall–Kier alpha value is -0.980. The molecule has 2 heterocycles. The lowest BCUT2D eigenvalue weighted by Crippen LogP contribution is -2.29. The molecule has 0 aliphatic heterocycles. The smallest absolute Gasteiger partial charge is 0.285 e. The van der Waals surface area contributed by atoms with Crippen LogP contribution in [0, 0.1) is 0 Å². The number of carbonyl (C=O) groups excluding carboxylic acids is 1. The first-order valence-corrected chi connectivity index (χ1v) is 7.08. The number of hydrogen-bond donors (Lipinski definition) is 0. The summed E-state index contributed by atoms with van der Waals surface area (Å²) in [6, 6.07) is 3.98. The highest BCUT2D eigenvalue weighted by atomic mass is 35.5. The van der Waals surface area contributed by atoms with Crippen LogP contribution in [-0.2, 0) is 6.54 Å². The highest BCUT2D eigenvalue weighted by molar-refractivity contribution is 7.17. The molecule has 2 rings (SSSR count). The molecule has 17 heavy (non-hydrogen) atoms. The molecular weight excluding hydrogens is 278 g/mol. The first-order valence-electron chi connectivity index (χ1n) is 5.01. The van der Waals surface area contributed by atoms with Gasteiger partial charge in [0.25, 0.3) is 5.91 Å². The van der Waals surface area contributed by atoms with Crippen molar-refractivity contribution in [3.05, 3.63) is 31.9 Å². The minimum absolute atomic E-state index is 0.120. The molecule has 1 amide bonds. The van der Waals surface area contributed by atoms with E-state index in [-0.39, 0.29) is 5.91 Å². The van der Waals surface area contributed by atoms with Gasteiger partial charge in [-0.05, 0) is 30.0 Å². The molecule has 7 heteroatoms. The topological polar surface area (TPSA) is 46.1 Å². The third kappa shape index (κ3) is 3.02. The highest BCUT2D eigenvalue weighted by Gasteiger charge is 2.19. The average Bonchev–Trinajstić information content (AvgIpc) is 2.96. The van der Waals surface area contributed by atoms with Gasteiger partial charge in [0.15, 0.2) is 0 Å². The monoisotopic (exact) mass is 287 g/mol. The first kappa shape index (κ1) is 12.5. The van der Waals surface area contributed by atoms with Gasteiger partial charge >= 0.3 is 0 Å². The molecule has 0 radical (unpaired) electrons. The van der Waals surface area contributed by atoms with E-state index in [0.717, 1.165) is 16.2 Å². The van der Waals surface area contributed by atoms with Crippen molar-refractivity contribution < 1.29 is 4.79 Å². The molecule has 0 saturated carbocycles. The Bertz CT molecular complexity index is 497. The zero-order valence-electron chi connectivity index (χ0n) is 9.09. The summed E-state index contributed by atoms with van der Waals surface area (Å²) < 4.78 is 0.292. The number of carbonyl (C=O) groups is 1. The van der Waals surface area contributed by atoms with Crippen molar-refractivity contribution >= 4 is 40.2 Å². The van der Waals surface area contributed by atoms with Gasteiger partial charge in [0.2, 0.25) is 9.47 Å². The molecule has 0 N–H and O–H groups in total. The Balaban J connectivity index is 2.10. The first-order chi connectivity index (χ1) is 8.20. The van der Waals surface area contributed by atoms with E-state index in [4.69, 9.17) is 11.6 Å². The van der Waals surface area contributed by atoms with Crippen LogP contribution in [0.3, 0.4) is 0 Å². The Morgan fingerprint density at radius 1 is 1.53 bits per heavy atom. The Morgan fingerprint density at radius 2 is 2.35 bits per heavy atom. The van der Waals surface area contributed by atoms with E-state index in [1.165, 1.54) is 0 Å². The van der Waals surface area contributed by atoms with E-state index < -0.39 is 0 Å². The summed E-state index contributed by atoms with van der Waals surface area (Å²) in [6.07, 6.45) is 0. The lowest BCUT2D eigenvalue weighted by molar-refractivity contribution is 0.0753. The van der Waals surface area contributed by atoms with E-state index in [0.29, 0.717) is 22.6 Å². The van der Waals surface area contributed by atoms with Crippen LogP contribution in [0.4, 0.5) is 0 Å². The second-order valence-electron chi connectivity index (χ2n) is 3.26. The molecule has 0 bridgehead atoms. The maximum Gasteiger partial charge on any atom is 0.285 e. The number of rotatable bonds is 4. The third-order valence-corrected chi connectivity index (χ3v) is 4.05. The van der Waals surface area contributed by atoms with Gasteiger partial charge in [0.1, 0.15) is 0 Å². The molecule has 0 aromatic carbocycles. The fourth-order valence-electron chi connectivity index (χ4n) is 1.34. The molecule has 0 fully saturated rings. The van der Waals surface area contributed by atoms with E-state index in [9.17, 15) is 4.79 Å². The lowest BCUT2D eigenvalue weighted by Gasteiger charge is -2.18. The molecular formula is C10H10ClN3OS2. The number of hydrogen-bond acceptors (Lipinski definition) is 5. The molecule has 0 unspecified atom stereocenters. The molecule has 0 spiro atoms. The van der Waals surface area contributed by atoms with Crippen molar-refractivity contribution in [1.82, 2.24) is 15.1 Å². The highest BCUT2D eigenvalue weighted by Crippen LogP contribution is 2.18. The van der Waals surface area contributed by atoms with E-state index in [2.05, 4.69) is 10.2 Å². The normalized spacial score (nSPS) is 10.5. The molecule has 4 nitrogen and oxygen atoms in total. The van der Waals surface area contributed by atoms with Crippen LogP contribution in [0.25, 0.3) is 0 Å². The quantitative estimate of drug-likeness (QED) is 0.868. The zero-order chi connectivity index (χ0) is 12.3. The van der Waals surface area contributed by atoms with Crippen molar-refractivity contribution in [2.45, 2.75) is 13.5 Å². The Morgan fingerprint density at radius 3 is 2.88 bits per heavy atom. The SMILES string of the molecule is CCN(Cc1cccs1)C(=O)c1nnc(Cl)s1. The van der Waals surface area contributed by atoms with Gasteiger partial charge in [-0.15, -0.1) is 21.5 Å². The molecule has 0 aliphatic carbocycles. The van der Waals surface area contributed by atoms with E-state index in [1.807, 2.05) is 24.4 Å². The summed E-state index contributed by atoms with van der Waals surface area (Å²) in [5, 5.41) is 9.74. The van der Waals surface area contributed by atoms with Gasteiger partial charge in [-0.1, -0.05) is 17.4 Å². The second kappa shape index (κ2) is 5.57. The standard InChI is InChI=1S/C10H10ClN3OS2/c1-2-14(6-7-4-3-5-16-7)9(15)8-12-13-10(11)17-8/h3-5H,2,6H2,1H3. The maximum absolute atomic E-state index is 12.1. The van der Waals surface area contributed by atoms with Crippen molar-refractivity contribution in [3.63, 3.8) is 0 Å². The Labute approximate surface area is 112 Å². The maximum atomic E-state index is 12.1. The predicted molar refractivity (Wildman–Crippen MR) is 69.7 cm³/mol. The molecule has 2 aromatic heterocycles. The van der Waals surface area contributed by atoms with Gasteiger partial charge in [0, 0.05) is 11.4 Å². The number of amides is 1. The largest absolute Gasteiger partial charge is 0.332 e. The van der Waals surface area contributed by atoms with Gasteiger partial charge in [-0.25, -0.2) is 0 Å². The molecule has 2 aromatic rings. The predicted octanol–water partition coefficient (Wildman–Crippen LogP) is 2.92. The second-order valence-corrected chi connectivity index (χ2v) is 5.85. The molecule has 0 atom stereocenters. The number of aromatic nitrogens is 2. The summed E-state index contributed by atoms with van der Waals surface area (Å²) in [5.41, 5.74) is 0. The van der Waals surface area contributed by atoms with Gasteiger partial charge in [0.05, 0.1) is 6.54 Å². The minimum Gasteiger partial charge on any atom is -0.332 e. The number of thiophene rings is 1. The van der Waals surface area contributed by atoms with Crippen molar-refractivity contribution in [2.24, 2.45) is 0 Å². The fourth-order valence-corrected chi connectivity index (χ4v) is 2.86. The summed E-state index contributed by atoms with van der Waals surface area (Å²) in [7, 11) is 0. The molecule has 0 aliphatic rings. The summed E-state index contributed by atoms with van der Waals surface area (Å²) in [4.78, 5) is 15.0. The summed E-state index contributed by atoms with van der Waals surface area (Å²) >= 11 is 8.41. The van der Waals surface area contributed by atoms with Crippen molar-refractivity contribution in [2.75, 3.05) is 6.54 Å². The third-order valence-electron chi connectivity index (χ3n) is 2.18. The molecule has 90 valence electrons. The van der Waals surface area contributed by atoms with Crippen LogP contribution >= 0.6 is 34.3 Å². The van der Waals surface area contributed by atoms with Crippen LogP contribution in [0.5, 0.6) is 0 Å². The van der Waals surface area contributed by atoms with Crippen LogP contribution in [-0.4, -0.2) is 27.5 Å². The van der Waals surface area contributed by atoms with Crippen LogP contribution in [0.15, 0.2) is 17.5 Å². The lowest BCUT2D eigenvalue weighted by atomic mass is 10.4. The van der Waals surface area contributed by atoms with Crippen LogP contribution < -0.4 is 0 Å². The van der Waals surface area contributed by atoms with Gasteiger partial charge in [-0.2, -0.15) is 0 Å². The van der Waals surface area contributed by atoms with Crippen molar-refractivity contribution in [3.8, 4) is 0 Å². The van der Waals surface area contributed by atoms with E-state index in [1.54, 1.807) is 16.2 Å². The minimum atomic E-state index is -0.120. The zero-order valence-corrected chi connectivity index (χ0v) is 11.5. The van der Waals surface area contributed by atoms with Gasteiger partial charge in [-0.3, -0.25) is 4.79 Å². The fraction of sp³-hybridized carbons (Fsp3) is 0.300.